The van der Waals surface area contributed by atoms with E-state index >= 15 is 0 Å². The summed E-state index contributed by atoms with van der Waals surface area (Å²) in [5.74, 6) is 1.29. The van der Waals surface area contributed by atoms with Crippen molar-refractivity contribution in [2.45, 2.75) is 33.8 Å². The lowest BCUT2D eigenvalue weighted by Crippen LogP contribution is -2.55. The predicted octanol–water partition coefficient (Wildman–Crippen LogP) is 2.79. The van der Waals surface area contributed by atoms with Gasteiger partial charge in [-0.2, -0.15) is 0 Å². The van der Waals surface area contributed by atoms with Gasteiger partial charge in [-0.3, -0.25) is 0 Å². The zero-order chi connectivity index (χ0) is 12.6. The molecule has 1 aliphatic carbocycles. The van der Waals surface area contributed by atoms with Crippen LogP contribution in [0, 0.1) is 23.2 Å². The summed E-state index contributed by atoms with van der Waals surface area (Å²) < 4.78 is 6.00. The van der Waals surface area contributed by atoms with E-state index in [0.29, 0.717) is 24.4 Å². The third-order valence-electron chi connectivity index (χ3n) is 4.97. The molecule has 17 heavy (non-hydrogen) atoms. The van der Waals surface area contributed by atoms with Gasteiger partial charge < -0.3 is 9.84 Å². The second-order valence-electron chi connectivity index (χ2n) is 5.71. The molecule has 0 radical (unpaired) electrons. The molecule has 1 heterocycles. The predicted molar refractivity (Wildman–Crippen MR) is 69.6 cm³/mol. The van der Waals surface area contributed by atoms with Crippen molar-refractivity contribution in [2.75, 3.05) is 13.2 Å². The summed E-state index contributed by atoms with van der Waals surface area (Å²) in [6, 6.07) is 0. The molecule has 2 bridgehead atoms. The molecule has 2 rings (SSSR count). The average Bonchev–Trinajstić information content (AvgIpc) is 2.28. The summed E-state index contributed by atoms with van der Waals surface area (Å²) in [5.41, 5.74) is 1.33. The molecular weight excluding hydrogens is 212 g/mol. The summed E-state index contributed by atoms with van der Waals surface area (Å²) in [6.07, 6.45) is 6.73. The Labute approximate surface area is 104 Å². The molecular formula is C15H24O2. The van der Waals surface area contributed by atoms with Crippen molar-refractivity contribution in [3.8, 4) is 0 Å². The van der Waals surface area contributed by atoms with Crippen LogP contribution in [0.2, 0.25) is 0 Å². The van der Waals surface area contributed by atoms with Crippen molar-refractivity contribution in [1.82, 2.24) is 0 Å². The maximum absolute atomic E-state index is 9.81. The van der Waals surface area contributed by atoms with Gasteiger partial charge in [-0.15, -0.1) is 0 Å². The van der Waals surface area contributed by atoms with Crippen molar-refractivity contribution in [1.29, 1.82) is 0 Å². The molecule has 5 atom stereocenters. The lowest BCUT2D eigenvalue weighted by atomic mass is 9.56. The van der Waals surface area contributed by atoms with Crippen molar-refractivity contribution in [3.05, 3.63) is 23.8 Å². The summed E-state index contributed by atoms with van der Waals surface area (Å²) in [6.45, 7) is 9.59. The monoisotopic (exact) mass is 236 g/mol. The molecule has 1 fully saturated rings. The zero-order valence-corrected chi connectivity index (χ0v) is 11.3. The fourth-order valence-corrected chi connectivity index (χ4v) is 3.70. The van der Waals surface area contributed by atoms with Gasteiger partial charge in [0.15, 0.2) is 0 Å². The van der Waals surface area contributed by atoms with Gasteiger partial charge in [-0.05, 0) is 25.7 Å². The highest BCUT2D eigenvalue weighted by Gasteiger charge is 2.52. The van der Waals surface area contributed by atoms with Gasteiger partial charge in [0.1, 0.15) is 0 Å². The fraction of sp³-hybridized carbons (Fsp3) is 0.733. The third kappa shape index (κ3) is 1.78. The van der Waals surface area contributed by atoms with Crippen LogP contribution in [0.3, 0.4) is 0 Å². The molecule has 2 nitrogen and oxygen atoms in total. The van der Waals surface area contributed by atoms with Crippen molar-refractivity contribution in [3.63, 3.8) is 0 Å². The minimum atomic E-state index is -0.0811. The molecule has 2 heteroatoms. The van der Waals surface area contributed by atoms with Crippen LogP contribution in [-0.2, 0) is 4.74 Å². The molecule has 0 unspecified atom stereocenters. The summed E-state index contributed by atoms with van der Waals surface area (Å²) in [4.78, 5) is 0. The van der Waals surface area contributed by atoms with Crippen molar-refractivity contribution >= 4 is 0 Å². The molecule has 0 aromatic carbocycles. The zero-order valence-electron chi connectivity index (χ0n) is 11.3. The molecule has 0 amide bonds. The molecule has 96 valence electrons. The van der Waals surface area contributed by atoms with E-state index in [0.717, 1.165) is 0 Å². The average molecular weight is 236 g/mol. The number of ether oxygens (including phenoxy) is 1. The van der Waals surface area contributed by atoms with Crippen LogP contribution < -0.4 is 0 Å². The van der Waals surface area contributed by atoms with E-state index in [2.05, 4.69) is 39.0 Å². The Hall–Kier alpha value is -0.600. The second-order valence-corrected chi connectivity index (χ2v) is 5.71. The number of allylic oxidation sites excluding steroid dienone is 2. The first-order valence-corrected chi connectivity index (χ1v) is 6.60. The maximum Gasteiger partial charge on any atom is 0.0823 e. The lowest BCUT2D eigenvalue weighted by Gasteiger charge is -2.54. The molecule has 0 saturated carbocycles. The van der Waals surface area contributed by atoms with Crippen LogP contribution in [0.25, 0.3) is 0 Å². The number of aliphatic hydroxyl groups excluding tert-OH is 1. The van der Waals surface area contributed by atoms with Crippen LogP contribution in [0.5, 0.6) is 0 Å². The van der Waals surface area contributed by atoms with Gasteiger partial charge in [0.2, 0.25) is 0 Å². The molecule has 0 aromatic heterocycles. The van der Waals surface area contributed by atoms with Gasteiger partial charge in [0.25, 0.3) is 0 Å². The highest BCUT2D eigenvalue weighted by molar-refractivity contribution is 5.22. The van der Waals surface area contributed by atoms with Gasteiger partial charge in [-0.1, -0.05) is 37.6 Å². The normalized spacial score (nSPS) is 46.1. The van der Waals surface area contributed by atoms with Crippen LogP contribution in [-0.4, -0.2) is 24.4 Å². The van der Waals surface area contributed by atoms with Gasteiger partial charge in [0, 0.05) is 11.3 Å². The van der Waals surface area contributed by atoms with Crippen molar-refractivity contribution in [2.24, 2.45) is 23.2 Å². The topological polar surface area (TPSA) is 29.5 Å². The molecule has 0 spiro atoms. The quantitative estimate of drug-likeness (QED) is 0.747. The largest absolute Gasteiger partial charge is 0.396 e. The van der Waals surface area contributed by atoms with Crippen LogP contribution in [0.1, 0.15) is 27.7 Å². The van der Waals surface area contributed by atoms with Crippen molar-refractivity contribution < 1.29 is 9.84 Å². The lowest BCUT2D eigenvalue weighted by molar-refractivity contribution is -0.148. The molecule has 1 saturated heterocycles. The Morgan fingerprint density at radius 1 is 1.53 bits per heavy atom. The smallest absolute Gasteiger partial charge is 0.0823 e. The number of hydrogen-bond donors (Lipinski definition) is 1. The number of fused-ring (bicyclic) bond motifs is 2. The molecule has 1 N–H and O–H groups in total. The van der Waals surface area contributed by atoms with E-state index in [-0.39, 0.29) is 18.1 Å². The SMILES string of the molecule is C/C=C/[C@H]1OC[C@]2(CO)[C@H](C)[C@@H]1C(C)=C[C@@H]2C. The van der Waals surface area contributed by atoms with E-state index in [1.54, 1.807) is 0 Å². The van der Waals surface area contributed by atoms with E-state index < -0.39 is 0 Å². The third-order valence-corrected chi connectivity index (χ3v) is 4.97. The van der Waals surface area contributed by atoms with E-state index in [4.69, 9.17) is 4.74 Å². The maximum atomic E-state index is 9.81. The number of aliphatic hydroxyl groups is 1. The van der Waals surface area contributed by atoms with Crippen LogP contribution in [0.4, 0.5) is 0 Å². The highest BCUT2D eigenvalue weighted by atomic mass is 16.5. The van der Waals surface area contributed by atoms with Gasteiger partial charge >= 0.3 is 0 Å². The van der Waals surface area contributed by atoms with Gasteiger partial charge in [0.05, 0.1) is 19.3 Å². The second kappa shape index (κ2) is 4.58. The summed E-state index contributed by atoms with van der Waals surface area (Å²) in [5, 5.41) is 9.81. The first-order chi connectivity index (χ1) is 8.06. The molecule has 2 aliphatic rings. The van der Waals surface area contributed by atoms with Crippen LogP contribution >= 0.6 is 0 Å². The van der Waals surface area contributed by atoms with E-state index in [1.165, 1.54) is 5.57 Å². The fourth-order valence-electron chi connectivity index (χ4n) is 3.70. The van der Waals surface area contributed by atoms with Crippen LogP contribution in [0.15, 0.2) is 23.8 Å². The standard InChI is InChI=1S/C15H24O2/c1-5-6-13-14-10(2)7-11(3)15(8-16,9-17-13)12(14)4/h5-7,11-14,16H,8-9H2,1-4H3/b6-5+/t11-,12+,13+,14-,15-/m0/s1. The first kappa shape index (κ1) is 12.8. The molecule has 1 aliphatic heterocycles. The number of rotatable bonds is 2. The highest BCUT2D eigenvalue weighted by Crippen LogP contribution is 2.52. The summed E-state index contributed by atoms with van der Waals surface area (Å²) in [7, 11) is 0. The minimum absolute atomic E-state index is 0.0811. The molecule has 0 aromatic rings. The van der Waals surface area contributed by atoms with E-state index in [9.17, 15) is 5.11 Å². The Kier molecular flexibility index (Phi) is 3.46. The Morgan fingerprint density at radius 2 is 2.24 bits per heavy atom. The Balaban J connectivity index is 2.40. The summed E-state index contributed by atoms with van der Waals surface area (Å²) >= 11 is 0. The Morgan fingerprint density at radius 3 is 2.82 bits per heavy atom. The van der Waals surface area contributed by atoms with Gasteiger partial charge in [-0.25, -0.2) is 0 Å². The Bertz CT molecular complexity index is 345. The number of hydrogen-bond acceptors (Lipinski definition) is 2. The van der Waals surface area contributed by atoms with E-state index in [1.807, 2.05) is 6.92 Å². The first-order valence-electron chi connectivity index (χ1n) is 6.60. The minimum Gasteiger partial charge on any atom is -0.396 e.